The number of carbonyl (C=O) groups excluding carboxylic acids is 1. The van der Waals surface area contributed by atoms with Crippen molar-refractivity contribution in [2.45, 2.75) is 83.3 Å². The predicted octanol–water partition coefficient (Wildman–Crippen LogP) is 5.72. The number of fused-ring (bicyclic) bond motifs is 1. The van der Waals surface area contributed by atoms with E-state index in [9.17, 15) is 9.18 Å². The summed E-state index contributed by atoms with van der Waals surface area (Å²) < 4.78 is 21.1. The summed E-state index contributed by atoms with van der Waals surface area (Å²) in [6, 6.07) is 7.03. The van der Waals surface area contributed by atoms with Gasteiger partial charge in [0.25, 0.3) is 0 Å². The van der Waals surface area contributed by atoms with Gasteiger partial charge in [-0.25, -0.2) is 9.37 Å². The number of nitrogens with zero attached hydrogens (tertiary/aromatic N) is 6. The lowest BCUT2D eigenvalue weighted by molar-refractivity contribution is -0.146. The van der Waals surface area contributed by atoms with Crippen LogP contribution in [-0.2, 0) is 29.5 Å². The second-order valence-corrected chi connectivity index (χ2v) is 13.3. The molecule has 2 aromatic heterocycles. The molecule has 1 saturated carbocycles. The van der Waals surface area contributed by atoms with Crippen LogP contribution in [0.25, 0.3) is 0 Å². The van der Waals surface area contributed by atoms with Crippen molar-refractivity contribution in [1.29, 1.82) is 0 Å². The number of halogens is 1. The number of esters is 1. The Morgan fingerprint density at radius 2 is 1.89 bits per heavy atom. The molecule has 3 aromatic rings. The van der Waals surface area contributed by atoms with Crippen molar-refractivity contribution in [1.82, 2.24) is 24.6 Å². The van der Waals surface area contributed by atoms with Gasteiger partial charge in [-0.2, -0.15) is 10.1 Å². The van der Waals surface area contributed by atoms with Crippen LogP contribution >= 0.6 is 0 Å². The standard InChI is InChI=1S/C35H49FN8O2/c1-4-30(24-11-13-25(14-12-24)34(45)46-3)39-35-40-31-15-18-44(28-10-8-9-27(36)19-28)22-29(31)33(41-35)38-32(26-20-37-42(2)21-26)23-43-16-6-5-7-17-43/h8-10,19-21,24-25,30,32H,4-7,11-18,22-23H2,1-3H3,(H2,38,39,40,41)/t24?,25?,30-,32?/m1/s1. The molecule has 2 fully saturated rings. The first-order valence-corrected chi connectivity index (χ1v) is 17.1. The maximum absolute atomic E-state index is 14.2. The van der Waals surface area contributed by atoms with Gasteiger partial charge in [0.05, 0.1) is 31.0 Å². The summed E-state index contributed by atoms with van der Waals surface area (Å²) >= 11 is 0. The molecule has 0 radical (unpaired) electrons. The molecule has 3 aliphatic rings. The zero-order valence-corrected chi connectivity index (χ0v) is 27.6. The van der Waals surface area contributed by atoms with Gasteiger partial charge in [0.15, 0.2) is 0 Å². The van der Waals surface area contributed by atoms with E-state index in [1.807, 2.05) is 24.0 Å². The third-order valence-corrected chi connectivity index (χ3v) is 10.2. The zero-order chi connectivity index (χ0) is 32.0. The second kappa shape index (κ2) is 14.8. The molecule has 0 amide bonds. The average Bonchev–Trinajstić information content (AvgIpc) is 3.53. The fourth-order valence-corrected chi connectivity index (χ4v) is 7.55. The van der Waals surface area contributed by atoms with Crippen LogP contribution in [0.1, 0.15) is 81.2 Å². The van der Waals surface area contributed by atoms with Crippen LogP contribution in [0.2, 0.25) is 0 Å². The minimum absolute atomic E-state index is 0.0000904. The fraction of sp³-hybridized carbons (Fsp3) is 0.600. The van der Waals surface area contributed by atoms with Crippen molar-refractivity contribution < 1.29 is 13.9 Å². The lowest BCUT2D eigenvalue weighted by Gasteiger charge is -2.35. The average molecular weight is 633 g/mol. The number of hydrogen-bond donors (Lipinski definition) is 2. The van der Waals surface area contributed by atoms with Crippen LogP contribution in [0.15, 0.2) is 36.7 Å². The molecule has 0 spiro atoms. The first-order chi connectivity index (χ1) is 22.4. The summed E-state index contributed by atoms with van der Waals surface area (Å²) in [7, 11) is 3.43. The van der Waals surface area contributed by atoms with Crippen molar-refractivity contribution in [2.75, 3.05) is 48.8 Å². The van der Waals surface area contributed by atoms with E-state index >= 15 is 0 Å². The monoisotopic (exact) mass is 632 g/mol. The third-order valence-electron chi connectivity index (χ3n) is 10.2. The van der Waals surface area contributed by atoms with Crippen LogP contribution in [0.5, 0.6) is 0 Å². The van der Waals surface area contributed by atoms with E-state index in [1.54, 1.807) is 12.1 Å². The van der Waals surface area contributed by atoms with Crippen LogP contribution in [0, 0.1) is 17.7 Å². The second-order valence-electron chi connectivity index (χ2n) is 13.3. The topological polar surface area (TPSA) is 100 Å². The highest BCUT2D eigenvalue weighted by molar-refractivity contribution is 5.72. The molecule has 2 aliphatic heterocycles. The van der Waals surface area contributed by atoms with Gasteiger partial charge >= 0.3 is 5.97 Å². The summed E-state index contributed by atoms with van der Waals surface area (Å²) in [6.07, 6.45) is 13.1. The van der Waals surface area contributed by atoms with Gasteiger partial charge in [-0.15, -0.1) is 0 Å². The van der Waals surface area contributed by atoms with Crippen molar-refractivity contribution in [3.63, 3.8) is 0 Å². The number of hydrogen-bond acceptors (Lipinski definition) is 9. The molecule has 10 nitrogen and oxygen atoms in total. The highest BCUT2D eigenvalue weighted by atomic mass is 19.1. The van der Waals surface area contributed by atoms with Crippen LogP contribution < -0.4 is 15.5 Å². The van der Waals surface area contributed by atoms with E-state index in [2.05, 4.69) is 38.7 Å². The smallest absolute Gasteiger partial charge is 0.308 e. The minimum atomic E-state index is -0.234. The van der Waals surface area contributed by atoms with Gasteiger partial charge in [-0.3, -0.25) is 9.48 Å². The van der Waals surface area contributed by atoms with Gasteiger partial charge in [0, 0.05) is 62.2 Å². The number of carbonyl (C=O) groups is 1. The Bertz CT molecular complexity index is 1470. The van der Waals surface area contributed by atoms with E-state index in [1.165, 1.54) is 32.4 Å². The van der Waals surface area contributed by atoms with Crippen molar-refractivity contribution >= 4 is 23.4 Å². The van der Waals surface area contributed by atoms with E-state index in [-0.39, 0.29) is 29.8 Å². The molecule has 1 saturated heterocycles. The SMILES string of the molecule is CC[C@@H](Nc1nc2c(c(NC(CN3CCCCC3)c3cnn(C)c3)n1)CN(c1cccc(F)c1)CC2)C1CCC(C(=O)OC)CC1. The fourth-order valence-electron chi connectivity index (χ4n) is 7.55. The lowest BCUT2D eigenvalue weighted by atomic mass is 9.78. The first kappa shape index (κ1) is 32.2. The molecule has 4 heterocycles. The van der Waals surface area contributed by atoms with Gasteiger partial charge in [-0.05, 0) is 82.2 Å². The van der Waals surface area contributed by atoms with Crippen molar-refractivity contribution in [3.8, 4) is 0 Å². The molecule has 1 unspecified atom stereocenters. The Kier molecular flexibility index (Phi) is 10.4. The highest BCUT2D eigenvalue weighted by Gasteiger charge is 2.32. The van der Waals surface area contributed by atoms with E-state index < -0.39 is 0 Å². The molecule has 46 heavy (non-hydrogen) atoms. The normalized spacial score (nSPS) is 21.7. The third kappa shape index (κ3) is 7.62. The van der Waals surface area contributed by atoms with Crippen LogP contribution in [0.3, 0.4) is 0 Å². The van der Waals surface area contributed by atoms with Crippen molar-refractivity contribution in [3.05, 3.63) is 59.3 Å². The summed E-state index contributed by atoms with van der Waals surface area (Å²) in [4.78, 5) is 27.2. The Morgan fingerprint density at radius 3 is 2.59 bits per heavy atom. The van der Waals surface area contributed by atoms with Crippen LogP contribution in [0.4, 0.5) is 21.8 Å². The summed E-state index contributed by atoms with van der Waals surface area (Å²) in [5, 5.41) is 12.1. The summed E-state index contributed by atoms with van der Waals surface area (Å²) in [5.74, 6) is 1.58. The number of anilines is 3. The number of ether oxygens (including phenoxy) is 1. The van der Waals surface area contributed by atoms with Gasteiger partial charge in [-0.1, -0.05) is 19.4 Å². The molecule has 6 rings (SSSR count). The molecule has 2 N–H and O–H groups in total. The first-order valence-electron chi connectivity index (χ1n) is 17.1. The van der Waals surface area contributed by atoms with Gasteiger partial charge < -0.3 is 25.2 Å². The van der Waals surface area contributed by atoms with Gasteiger partial charge in [0.2, 0.25) is 5.95 Å². The quantitative estimate of drug-likeness (QED) is 0.257. The molecule has 1 aliphatic carbocycles. The summed E-state index contributed by atoms with van der Waals surface area (Å²) in [6.45, 7) is 6.60. The van der Waals surface area contributed by atoms with E-state index in [0.29, 0.717) is 18.4 Å². The number of nitrogens with one attached hydrogen (secondary N) is 2. The Morgan fingerprint density at radius 1 is 1.09 bits per heavy atom. The number of aryl methyl sites for hydroxylation is 1. The molecule has 1 aromatic carbocycles. The molecule has 11 heteroatoms. The Hall–Kier alpha value is -3.73. The molecule has 248 valence electrons. The lowest BCUT2D eigenvalue weighted by Crippen LogP contribution is -2.37. The Labute approximate surface area is 272 Å². The Balaban J connectivity index is 1.29. The predicted molar refractivity (Wildman–Crippen MR) is 178 cm³/mol. The minimum Gasteiger partial charge on any atom is -0.469 e. The number of rotatable bonds is 11. The maximum atomic E-state index is 14.2. The highest BCUT2D eigenvalue weighted by Crippen LogP contribution is 2.35. The van der Waals surface area contributed by atoms with Crippen LogP contribution in [-0.4, -0.2) is 69.9 Å². The van der Waals surface area contributed by atoms with Gasteiger partial charge in [0.1, 0.15) is 11.6 Å². The number of piperidine rings is 1. The molecule has 0 bridgehead atoms. The van der Waals surface area contributed by atoms with E-state index in [4.69, 9.17) is 14.7 Å². The number of likely N-dealkylation sites (tertiary alicyclic amines) is 1. The molecule has 2 atom stereocenters. The number of aromatic nitrogens is 4. The van der Waals surface area contributed by atoms with E-state index in [0.717, 1.165) is 93.0 Å². The largest absolute Gasteiger partial charge is 0.469 e. The maximum Gasteiger partial charge on any atom is 0.308 e. The molecular formula is C35H49FN8O2. The summed E-state index contributed by atoms with van der Waals surface area (Å²) in [5.41, 5.74) is 4.08. The zero-order valence-electron chi connectivity index (χ0n) is 27.6. The number of methoxy groups -OCH3 is 1. The molecular weight excluding hydrogens is 583 g/mol. The van der Waals surface area contributed by atoms with Crippen molar-refractivity contribution in [2.24, 2.45) is 18.9 Å². The number of benzene rings is 1.